The first-order valence-corrected chi connectivity index (χ1v) is 10.8. The summed E-state index contributed by atoms with van der Waals surface area (Å²) in [4.78, 5) is 28.0. The van der Waals surface area contributed by atoms with Gasteiger partial charge in [-0.2, -0.15) is 0 Å². The van der Waals surface area contributed by atoms with Crippen molar-refractivity contribution in [3.8, 4) is 5.75 Å². The molecule has 1 unspecified atom stereocenters. The molecule has 0 bridgehead atoms. The molecule has 1 saturated heterocycles. The van der Waals surface area contributed by atoms with Gasteiger partial charge in [0.05, 0.1) is 12.8 Å². The van der Waals surface area contributed by atoms with Gasteiger partial charge in [-0.3, -0.25) is 14.5 Å². The molecule has 2 amide bonds. The Morgan fingerprint density at radius 2 is 1.50 bits per heavy atom. The number of hydrogen-bond donors (Lipinski definition) is 2. The van der Waals surface area contributed by atoms with Gasteiger partial charge >= 0.3 is 0 Å². The van der Waals surface area contributed by atoms with Gasteiger partial charge in [-0.05, 0) is 67.9 Å². The monoisotopic (exact) mass is 429 g/mol. The van der Waals surface area contributed by atoms with Gasteiger partial charge in [0.25, 0.3) is 5.91 Å². The number of carbonyl (C=O) groups excluding carboxylic acids is 2. The third-order valence-electron chi connectivity index (χ3n) is 5.64. The van der Waals surface area contributed by atoms with Crippen LogP contribution >= 0.6 is 0 Å². The van der Waals surface area contributed by atoms with E-state index in [2.05, 4.69) is 15.5 Å². The Kier molecular flexibility index (Phi) is 6.82. The van der Waals surface area contributed by atoms with Gasteiger partial charge in [-0.15, -0.1) is 0 Å². The zero-order chi connectivity index (χ0) is 22.3. The molecule has 0 aromatic heterocycles. The highest BCUT2D eigenvalue weighted by molar-refractivity contribution is 6.05. The van der Waals surface area contributed by atoms with Gasteiger partial charge in [0.15, 0.2) is 0 Å². The molecule has 1 aliphatic rings. The van der Waals surface area contributed by atoms with Crippen molar-refractivity contribution in [1.82, 2.24) is 4.90 Å². The number of anilines is 2. The van der Waals surface area contributed by atoms with E-state index in [-0.39, 0.29) is 17.9 Å². The number of methoxy groups -OCH3 is 1. The Morgan fingerprint density at radius 1 is 0.844 bits per heavy atom. The summed E-state index contributed by atoms with van der Waals surface area (Å²) in [5.41, 5.74) is 2.74. The van der Waals surface area contributed by atoms with E-state index in [1.807, 2.05) is 42.5 Å². The summed E-state index contributed by atoms with van der Waals surface area (Å²) in [6.07, 6.45) is 2.21. The predicted molar refractivity (Wildman–Crippen MR) is 126 cm³/mol. The molecule has 0 spiro atoms. The maximum Gasteiger partial charge on any atom is 0.255 e. The molecular weight excluding hydrogens is 402 g/mol. The second-order valence-electron chi connectivity index (χ2n) is 7.78. The lowest BCUT2D eigenvalue weighted by atomic mass is 10.0. The highest BCUT2D eigenvalue weighted by Crippen LogP contribution is 2.27. The first-order valence-electron chi connectivity index (χ1n) is 10.8. The van der Waals surface area contributed by atoms with Gasteiger partial charge in [0, 0.05) is 11.3 Å². The molecule has 1 aliphatic heterocycles. The average molecular weight is 430 g/mol. The van der Waals surface area contributed by atoms with Crippen LogP contribution in [0, 0.1) is 0 Å². The first kappa shape index (κ1) is 21.6. The second-order valence-corrected chi connectivity index (χ2v) is 7.78. The van der Waals surface area contributed by atoms with Crippen LogP contribution in [0.5, 0.6) is 5.75 Å². The molecule has 164 valence electrons. The first-order chi connectivity index (χ1) is 15.7. The molecule has 3 aromatic carbocycles. The van der Waals surface area contributed by atoms with Crippen molar-refractivity contribution in [3.63, 3.8) is 0 Å². The summed E-state index contributed by atoms with van der Waals surface area (Å²) < 4.78 is 5.28. The van der Waals surface area contributed by atoms with Crippen LogP contribution in [0.25, 0.3) is 0 Å². The third kappa shape index (κ3) is 4.98. The van der Waals surface area contributed by atoms with E-state index in [1.165, 1.54) is 0 Å². The highest BCUT2D eigenvalue weighted by atomic mass is 16.5. The zero-order valence-corrected chi connectivity index (χ0v) is 18.1. The molecule has 3 aromatic rings. The summed E-state index contributed by atoms with van der Waals surface area (Å²) in [6.45, 7) is 1.82. The van der Waals surface area contributed by atoms with Crippen molar-refractivity contribution in [3.05, 3.63) is 90.0 Å². The molecule has 6 nitrogen and oxygen atoms in total. The Labute approximate surface area is 188 Å². The Morgan fingerprint density at radius 3 is 2.19 bits per heavy atom. The lowest BCUT2D eigenvalue weighted by Gasteiger charge is -2.27. The maximum atomic E-state index is 13.2. The number of para-hydroxylation sites is 2. The van der Waals surface area contributed by atoms with Crippen LogP contribution in [0.3, 0.4) is 0 Å². The summed E-state index contributed by atoms with van der Waals surface area (Å²) >= 11 is 0. The minimum Gasteiger partial charge on any atom is -0.495 e. The molecule has 1 heterocycles. The third-order valence-corrected chi connectivity index (χ3v) is 5.64. The molecule has 6 heteroatoms. The predicted octanol–water partition coefficient (Wildman–Crippen LogP) is 4.72. The number of benzene rings is 3. The number of carbonyl (C=O) groups is 2. The van der Waals surface area contributed by atoms with Gasteiger partial charge in [0.2, 0.25) is 5.91 Å². The molecule has 1 fully saturated rings. The molecule has 1 atom stereocenters. The Bertz CT molecular complexity index is 1060. The van der Waals surface area contributed by atoms with Crippen LogP contribution in [0.2, 0.25) is 0 Å². The molecule has 0 radical (unpaired) electrons. The van der Waals surface area contributed by atoms with Crippen molar-refractivity contribution in [1.29, 1.82) is 0 Å². The van der Waals surface area contributed by atoms with Crippen LogP contribution in [-0.4, -0.2) is 36.9 Å². The Hall–Kier alpha value is -3.64. The van der Waals surface area contributed by atoms with E-state index >= 15 is 0 Å². The van der Waals surface area contributed by atoms with E-state index in [0.717, 1.165) is 31.5 Å². The highest BCUT2D eigenvalue weighted by Gasteiger charge is 2.29. The van der Waals surface area contributed by atoms with Crippen LogP contribution < -0.4 is 15.4 Å². The van der Waals surface area contributed by atoms with Gasteiger partial charge in [0.1, 0.15) is 11.8 Å². The SMILES string of the molecule is COc1ccccc1NC(=O)c1ccc(NC(=O)C(c2ccccc2)N2CCCC2)cc1. The van der Waals surface area contributed by atoms with Crippen molar-refractivity contribution in [2.45, 2.75) is 18.9 Å². The van der Waals surface area contributed by atoms with E-state index in [9.17, 15) is 9.59 Å². The van der Waals surface area contributed by atoms with Gasteiger partial charge in [-0.1, -0.05) is 42.5 Å². The van der Waals surface area contributed by atoms with E-state index < -0.39 is 0 Å². The van der Waals surface area contributed by atoms with Gasteiger partial charge < -0.3 is 15.4 Å². The topological polar surface area (TPSA) is 70.7 Å². The number of nitrogens with zero attached hydrogens (tertiary/aromatic N) is 1. The summed E-state index contributed by atoms with van der Waals surface area (Å²) in [7, 11) is 1.56. The fourth-order valence-corrected chi connectivity index (χ4v) is 4.02. The average Bonchev–Trinajstić information content (AvgIpc) is 3.35. The fourth-order valence-electron chi connectivity index (χ4n) is 4.02. The van der Waals surface area contributed by atoms with Crippen LogP contribution in [0.4, 0.5) is 11.4 Å². The smallest absolute Gasteiger partial charge is 0.255 e. The zero-order valence-electron chi connectivity index (χ0n) is 18.1. The Balaban J connectivity index is 1.45. The van der Waals surface area contributed by atoms with Crippen LogP contribution in [0.15, 0.2) is 78.9 Å². The number of amides is 2. The normalized spacial score (nSPS) is 14.5. The lowest BCUT2D eigenvalue weighted by molar-refractivity contribution is -0.121. The largest absolute Gasteiger partial charge is 0.495 e. The molecular formula is C26H27N3O3. The van der Waals surface area contributed by atoms with Crippen LogP contribution in [0.1, 0.15) is 34.8 Å². The van der Waals surface area contributed by atoms with Gasteiger partial charge in [-0.25, -0.2) is 0 Å². The minimum absolute atomic E-state index is 0.0654. The lowest BCUT2D eigenvalue weighted by Crippen LogP contribution is -2.35. The van der Waals surface area contributed by atoms with Crippen LogP contribution in [-0.2, 0) is 4.79 Å². The number of rotatable bonds is 7. The molecule has 2 N–H and O–H groups in total. The molecule has 4 rings (SSSR count). The van der Waals surface area contributed by atoms with E-state index in [0.29, 0.717) is 22.7 Å². The molecule has 0 saturated carbocycles. The quantitative estimate of drug-likeness (QED) is 0.570. The number of likely N-dealkylation sites (tertiary alicyclic amines) is 1. The van der Waals surface area contributed by atoms with Crippen molar-refractivity contribution in [2.75, 3.05) is 30.8 Å². The van der Waals surface area contributed by atoms with E-state index in [1.54, 1.807) is 43.5 Å². The second kappa shape index (κ2) is 10.1. The van der Waals surface area contributed by atoms with Crippen molar-refractivity contribution in [2.24, 2.45) is 0 Å². The molecule has 32 heavy (non-hydrogen) atoms. The standard InChI is InChI=1S/C26H27N3O3/c1-32-23-12-6-5-11-22(23)28-25(30)20-13-15-21(16-14-20)27-26(31)24(29-17-7-8-18-29)19-9-3-2-4-10-19/h2-6,9-16,24H,7-8,17-18H2,1H3,(H,27,31)(H,28,30). The summed E-state index contributed by atoms with van der Waals surface area (Å²) in [5.74, 6) is 0.287. The van der Waals surface area contributed by atoms with Crippen molar-refractivity contribution >= 4 is 23.2 Å². The summed E-state index contributed by atoms with van der Waals surface area (Å²) in [6, 6.07) is 23.7. The number of nitrogens with one attached hydrogen (secondary N) is 2. The summed E-state index contributed by atoms with van der Waals surface area (Å²) in [5, 5.41) is 5.88. The fraction of sp³-hybridized carbons (Fsp3) is 0.231. The molecule has 0 aliphatic carbocycles. The van der Waals surface area contributed by atoms with E-state index in [4.69, 9.17) is 4.74 Å². The number of ether oxygens (including phenoxy) is 1. The number of hydrogen-bond acceptors (Lipinski definition) is 4. The maximum absolute atomic E-state index is 13.2. The van der Waals surface area contributed by atoms with Crippen molar-refractivity contribution < 1.29 is 14.3 Å². The minimum atomic E-state index is -0.327.